The lowest BCUT2D eigenvalue weighted by molar-refractivity contribution is 0.466. The van der Waals surface area contributed by atoms with Gasteiger partial charge >= 0.3 is 0 Å². The van der Waals surface area contributed by atoms with E-state index in [-0.39, 0.29) is 0 Å². The molecule has 1 N–H and O–H groups in total. The number of nitrogens with zero attached hydrogens (tertiary/aromatic N) is 2. The Kier molecular flexibility index (Phi) is 6.27. The van der Waals surface area contributed by atoms with Crippen LogP contribution in [-0.4, -0.2) is 22.9 Å². The third-order valence-corrected chi connectivity index (χ3v) is 3.59. The van der Waals surface area contributed by atoms with Gasteiger partial charge in [0.05, 0.1) is 5.69 Å². The van der Waals surface area contributed by atoms with Crippen LogP contribution >= 0.6 is 0 Å². The van der Waals surface area contributed by atoms with Gasteiger partial charge in [0.25, 0.3) is 0 Å². The molecule has 17 heavy (non-hydrogen) atoms. The SMILES string of the molecule is CCC(CCCc1ccn(C(C)CC)n1)NC. The highest BCUT2D eigenvalue weighted by atomic mass is 15.3. The van der Waals surface area contributed by atoms with Gasteiger partial charge in [0.15, 0.2) is 0 Å². The van der Waals surface area contributed by atoms with Gasteiger partial charge in [0.1, 0.15) is 0 Å². The molecule has 3 heteroatoms. The van der Waals surface area contributed by atoms with E-state index in [1.54, 1.807) is 0 Å². The average Bonchev–Trinajstić information content (AvgIpc) is 2.82. The molecular formula is C14H27N3. The minimum atomic E-state index is 0.518. The van der Waals surface area contributed by atoms with Crippen LogP contribution in [0, 0.1) is 0 Å². The van der Waals surface area contributed by atoms with Gasteiger partial charge in [-0.05, 0) is 52.1 Å². The molecular weight excluding hydrogens is 210 g/mol. The zero-order chi connectivity index (χ0) is 12.7. The van der Waals surface area contributed by atoms with E-state index in [0.717, 1.165) is 12.8 Å². The van der Waals surface area contributed by atoms with Crippen molar-refractivity contribution < 1.29 is 0 Å². The van der Waals surface area contributed by atoms with Gasteiger partial charge in [0, 0.05) is 18.3 Å². The second kappa shape index (κ2) is 7.49. The van der Waals surface area contributed by atoms with Gasteiger partial charge in [-0.2, -0.15) is 5.10 Å². The summed E-state index contributed by atoms with van der Waals surface area (Å²) in [5, 5.41) is 7.97. The molecule has 0 spiro atoms. The van der Waals surface area contributed by atoms with Crippen LogP contribution in [0.15, 0.2) is 12.3 Å². The van der Waals surface area contributed by atoms with Crippen LogP contribution in [0.25, 0.3) is 0 Å². The van der Waals surface area contributed by atoms with Gasteiger partial charge in [0.2, 0.25) is 0 Å². The number of hydrogen-bond donors (Lipinski definition) is 1. The molecule has 0 saturated heterocycles. The van der Waals surface area contributed by atoms with Crippen molar-refractivity contribution in [2.75, 3.05) is 7.05 Å². The largest absolute Gasteiger partial charge is 0.317 e. The molecule has 0 aliphatic rings. The van der Waals surface area contributed by atoms with Gasteiger partial charge in [-0.25, -0.2) is 0 Å². The predicted octanol–water partition coefficient (Wildman–Crippen LogP) is 3.17. The number of nitrogens with one attached hydrogen (secondary N) is 1. The summed E-state index contributed by atoms with van der Waals surface area (Å²) in [5.41, 5.74) is 1.23. The van der Waals surface area contributed by atoms with E-state index in [4.69, 9.17) is 0 Å². The summed E-state index contributed by atoms with van der Waals surface area (Å²) in [5.74, 6) is 0. The lowest BCUT2D eigenvalue weighted by Crippen LogP contribution is -2.24. The first-order valence-corrected chi connectivity index (χ1v) is 6.92. The van der Waals surface area contributed by atoms with E-state index in [2.05, 4.69) is 48.1 Å². The molecule has 2 unspecified atom stereocenters. The number of hydrogen-bond acceptors (Lipinski definition) is 2. The molecule has 0 fully saturated rings. The van der Waals surface area contributed by atoms with E-state index in [9.17, 15) is 0 Å². The zero-order valence-corrected chi connectivity index (χ0v) is 11.7. The Hall–Kier alpha value is -0.830. The van der Waals surface area contributed by atoms with E-state index in [1.807, 2.05) is 7.05 Å². The smallest absolute Gasteiger partial charge is 0.0624 e. The molecule has 98 valence electrons. The Labute approximate surface area is 106 Å². The topological polar surface area (TPSA) is 29.9 Å². The normalized spacial score (nSPS) is 14.8. The predicted molar refractivity (Wildman–Crippen MR) is 73.3 cm³/mol. The Morgan fingerprint density at radius 1 is 1.35 bits per heavy atom. The van der Waals surface area contributed by atoms with Crippen molar-refractivity contribution >= 4 is 0 Å². The maximum absolute atomic E-state index is 4.63. The number of aryl methyl sites for hydroxylation is 1. The molecule has 0 aromatic carbocycles. The fourth-order valence-corrected chi connectivity index (χ4v) is 2.03. The zero-order valence-electron chi connectivity index (χ0n) is 11.7. The summed E-state index contributed by atoms with van der Waals surface area (Å²) in [6, 6.07) is 3.34. The van der Waals surface area contributed by atoms with Gasteiger partial charge in [-0.1, -0.05) is 13.8 Å². The van der Waals surface area contributed by atoms with Gasteiger partial charge in [-0.15, -0.1) is 0 Å². The molecule has 0 bridgehead atoms. The van der Waals surface area contributed by atoms with Crippen LogP contribution in [0.5, 0.6) is 0 Å². The molecule has 1 heterocycles. The summed E-state index contributed by atoms with van der Waals surface area (Å²) in [6.45, 7) is 6.65. The fourth-order valence-electron chi connectivity index (χ4n) is 2.03. The second-order valence-corrected chi connectivity index (χ2v) is 4.83. The summed E-state index contributed by atoms with van der Waals surface area (Å²) in [4.78, 5) is 0. The first kappa shape index (κ1) is 14.2. The monoisotopic (exact) mass is 237 g/mol. The maximum Gasteiger partial charge on any atom is 0.0624 e. The Balaban J connectivity index is 2.34. The van der Waals surface area contributed by atoms with Crippen LogP contribution < -0.4 is 5.32 Å². The van der Waals surface area contributed by atoms with Crippen molar-refractivity contribution in [3.8, 4) is 0 Å². The fraction of sp³-hybridized carbons (Fsp3) is 0.786. The van der Waals surface area contributed by atoms with E-state index in [0.29, 0.717) is 12.1 Å². The van der Waals surface area contributed by atoms with Crippen LogP contribution in [0.1, 0.15) is 58.2 Å². The Morgan fingerprint density at radius 2 is 2.12 bits per heavy atom. The van der Waals surface area contributed by atoms with Crippen molar-refractivity contribution in [1.29, 1.82) is 0 Å². The second-order valence-electron chi connectivity index (χ2n) is 4.83. The minimum Gasteiger partial charge on any atom is -0.317 e. The summed E-state index contributed by atoms with van der Waals surface area (Å²) >= 11 is 0. The van der Waals surface area contributed by atoms with Crippen molar-refractivity contribution in [2.45, 2.75) is 65.0 Å². The molecule has 1 aromatic heterocycles. The van der Waals surface area contributed by atoms with Crippen LogP contribution in [-0.2, 0) is 6.42 Å². The number of aromatic nitrogens is 2. The van der Waals surface area contributed by atoms with Crippen molar-refractivity contribution in [3.05, 3.63) is 18.0 Å². The van der Waals surface area contributed by atoms with E-state index < -0.39 is 0 Å². The van der Waals surface area contributed by atoms with Crippen molar-refractivity contribution in [1.82, 2.24) is 15.1 Å². The lowest BCUT2D eigenvalue weighted by Gasteiger charge is -2.12. The highest BCUT2D eigenvalue weighted by Gasteiger charge is 2.06. The molecule has 0 saturated carbocycles. The molecule has 0 radical (unpaired) electrons. The van der Waals surface area contributed by atoms with Crippen LogP contribution in [0.3, 0.4) is 0 Å². The average molecular weight is 237 g/mol. The van der Waals surface area contributed by atoms with E-state index >= 15 is 0 Å². The summed E-state index contributed by atoms with van der Waals surface area (Å²) in [7, 11) is 2.05. The highest BCUT2D eigenvalue weighted by molar-refractivity contribution is 4.99. The van der Waals surface area contributed by atoms with Crippen molar-refractivity contribution in [3.63, 3.8) is 0 Å². The Bertz CT molecular complexity index is 302. The molecule has 3 nitrogen and oxygen atoms in total. The molecule has 2 atom stereocenters. The first-order chi connectivity index (χ1) is 8.21. The first-order valence-electron chi connectivity index (χ1n) is 6.92. The van der Waals surface area contributed by atoms with Crippen molar-refractivity contribution in [2.24, 2.45) is 0 Å². The molecule has 0 aliphatic carbocycles. The minimum absolute atomic E-state index is 0.518. The quantitative estimate of drug-likeness (QED) is 0.752. The molecule has 1 rings (SSSR count). The van der Waals surface area contributed by atoms with E-state index in [1.165, 1.54) is 25.0 Å². The van der Waals surface area contributed by atoms with Crippen LogP contribution in [0.4, 0.5) is 0 Å². The standard InChI is InChI=1S/C14H27N3/c1-5-12(3)17-11-10-14(16-17)9-7-8-13(6-2)15-4/h10-13,15H,5-9H2,1-4H3. The van der Waals surface area contributed by atoms with Crippen LogP contribution in [0.2, 0.25) is 0 Å². The summed E-state index contributed by atoms with van der Waals surface area (Å²) in [6.07, 6.45) is 8.01. The molecule has 0 aliphatic heterocycles. The third kappa shape index (κ3) is 4.50. The highest BCUT2D eigenvalue weighted by Crippen LogP contribution is 2.11. The lowest BCUT2D eigenvalue weighted by atomic mass is 10.1. The third-order valence-electron chi connectivity index (χ3n) is 3.59. The Morgan fingerprint density at radius 3 is 2.71 bits per heavy atom. The molecule has 0 amide bonds. The molecule has 1 aromatic rings. The number of rotatable bonds is 8. The summed E-state index contributed by atoms with van der Waals surface area (Å²) < 4.78 is 2.09. The van der Waals surface area contributed by atoms with Gasteiger partial charge < -0.3 is 5.32 Å². The van der Waals surface area contributed by atoms with Gasteiger partial charge in [-0.3, -0.25) is 4.68 Å². The maximum atomic E-state index is 4.63.